The van der Waals surface area contributed by atoms with Crippen LogP contribution in [0.15, 0.2) is 18.2 Å². The number of ether oxygens (including phenoxy) is 1. The van der Waals surface area contributed by atoms with Crippen LogP contribution < -0.4 is 10.1 Å². The summed E-state index contributed by atoms with van der Waals surface area (Å²) in [6.07, 6.45) is 4.64. The molecule has 0 aromatic heterocycles. The molecule has 1 aromatic carbocycles. The Morgan fingerprint density at radius 2 is 1.94 bits per heavy atom. The van der Waals surface area contributed by atoms with Gasteiger partial charge in [0.2, 0.25) is 0 Å². The van der Waals surface area contributed by atoms with Crippen LogP contribution in [0.4, 0.5) is 4.39 Å². The van der Waals surface area contributed by atoms with Crippen LogP contribution in [0.2, 0.25) is 0 Å². The molecule has 1 unspecified atom stereocenters. The van der Waals surface area contributed by atoms with Gasteiger partial charge in [0.05, 0.1) is 7.11 Å². The van der Waals surface area contributed by atoms with E-state index >= 15 is 0 Å². The summed E-state index contributed by atoms with van der Waals surface area (Å²) in [4.78, 5) is 0. The Balaban J connectivity index is 1.84. The highest BCUT2D eigenvalue weighted by molar-refractivity contribution is 5.32. The van der Waals surface area contributed by atoms with Gasteiger partial charge in [-0.2, -0.15) is 0 Å². The lowest BCUT2D eigenvalue weighted by Gasteiger charge is -2.29. The summed E-state index contributed by atoms with van der Waals surface area (Å²) in [7, 11) is 1.57. The van der Waals surface area contributed by atoms with Gasteiger partial charge in [0.15, 0.2) is 0 Å². The summed E-state index contributed by atoms with van der Waals surface area (Å²) >= 11 is 0. The third-order valence-corrected chi connectivity index (χ3v) is 4.12. The zero-order valence-corrected chi connectivity index (χ0v) is 10.1. The first kappa shape index (κ1) is 11.0. The van der Waals surface area contributed by atoms with E-state index in [-0.39, 0.29) is 5.82 Å². The maximum atomic E-state index is 14.0. The van der Waals surface area contributed by atoms with Gasteiger partial charge in [-0.1, -0.05) is 6.07 Å². The molecular weight excluding hydrogens is 217 g/mol. The van der Waals surface area contributed by atoms with E-state index in [9.17, 15) is 4.39 Å². The molecule has 1 aromatic rings. The molecule has 3 heteroatoms. The number of rotatable bonds is 2. The quantitative estimate of drug-likeness (QED) is 0.851. The molecule has 2 heterocycles. The molecule has 0 saturated carbocycles. The zero-order valence-electron chi connectivity index (χ0n) is 10.1. The van der Waals surface area contributed by atoms with Crippen molar-refractivity contribution in [2.45, 2.75) is 43.7 Å². The van der Waals surface area contributed by atoms with Crippen molar-refractivity contribution in [3.05, 3.63) is 29.6 Å². The minimum Gasteiger partial charge on any atom is -0.497 e. The van der Waals surface area contributed by atoms with Gasteiger partial charge in [0.1, 0.15) is 11.6 Å². The van der Waals surface area contributed by atoms with Gasteiger partial charge in [-0.25, -0.2) is 4.39 Å². The predicted molar refractivity (Wildman–Crippen MR) is 64.9 cm³/mol. The van der Waals surface area contributed by atoms with Gasteiger partial charge in [-0.05, 0) is 43.2 Å². The molecule has 2 bridgehead atoms. The number of piperidine rings is 1. The fraction of sp³-hybridized carbons (Fsp3) is 0.571. The summed E-state index contributed by atoms with van der Waals surface area (Å²) in [5.41, 5.74) is 0.865. The van der Waals surface area contributed by atoms with Crippen molar-refractivity contribution in [3.8, 4) is 5.75 Å². The number of hydrogen-bond acceptors (Lipinski definition) is 2. The van der Waals surface area contributed by atoms with E-state index < -0.39 is 0 Å². The van der Waals surface area contributed by atoms with Crippen molar-refractivity contribution >= 4 is 0 Å². The second kappa shape index (κ2) is 4.30. The molecule has 0 radical (unpaired) electrons. The summed E-state index contributed by atoms with van der Waals surface area (Å²) in [5.74, 6) is 0.860. The topological polar surface area (TPSA) is 21.3 Å². The number of methoxy groups -OCH3 is 1. The molecule has 0 spiro atoms. The predicted octanol–water partition coefficient (Wildman–Crippen LogP) is 2.83. The summed E-state index contributed by atoms with van der Waals surface area (Å²) in [5, 5.41) is 3.58. The Labute approximate surface area is 101 Å². The molecule has 3 rings (SSSR count). The first-order chi connectivity index (χ1) is 8.26. The van der Waals surface area contributed by atoms with Gasteiger partial charge in [0, 0.05) is 18.2 Å². The van der Waals surface area contributed by atoms with Crippen molar-refractivity contribution < 1.29 is 9.13 Å². The molecule has 2 aliphatic heterocycles. The van der Waals surface area contributed by atoms with E-state index in [4.69, 9.17) is 4.74 Å². The van der Waals surface area contributed by atoms with Crippen LogP contribution in [0.5, 0.6) is 5.75 Å². The molecule has 0 aliphatic carbocycles. The summed E-state index contributed by atoms with van der Waals surface area (Å²) in [6.45, 7) is 0. The molecule has 17 heavy (non-hydrogen) atoms. The fourth-order valence-electron chi connectivity index (χ4n) is 3.28. The van der Waals surface area contributed by atoms with Crippen molar-refractivity contribution in [3.63, 3.8) is 0 Å². The molecule has 3 atom stereocenters. The highest BCUT2D eigenvalue weighted by Gasteiger charge is 2.34. The highest BCUT2D eigenvalue weighted by atomic mass is 19.1. The maximum absolute atomic E-state index is 14.0. The lowest BCUT2D eigenvalue weighted by molar-refractivity contribution is 0.355. The van der Waals surface area contributed by atoms with Gasteiger partial charge < -0.3 is 10.1 Å². The number of benzene rings is 1. The van der Waals surface area contributed by atoms with Crippen molar-refractivity contribution in [1.82, 2.24) is 5.32 Å². The van der Waals surface area contributed by atoms with E-state index in [2.05, 4.69) is 5.32 Å². The average Bonchev–Trinajstić information content (AvgIpc) is 2.68. The molecule has 2 fully saturated rings. The summed E-state index contributed by atoms with van der Waals surface area (Å²) < 4.78 is 19.0. The maximum Gasteiger partial charge on any atom is 0.130 e. The van der Waals surface area contributed by atoms with Crippen LogP contribution in [0.1, 0.15) is 37.2 Å². The second-order valence-electron chi connectivity index (χ2n) is 5.19. The number of nitrogens with one attached hydrogen (secondary N) is 1. The largest absolute Gasteiger partial charge is 0.497 e. The Hall–Kier alpha value is -1.09. The lowest BCUT2D eigenvalue weighted by Crippen LogP contribution is -2.37. The average molecular weight is 235 g/mol. The van der Waals surface area contributed by atoms with Gasteiger partial charge in [-0.3, -0.25) is 0 Å². The van der Waals surface area contributed by atoms with Crippen molar-refractivity contribution in [2.24, 2.45) is 0 Å². The van der Waals surface area contributed by atoms with Crippen LogP contribution in [-0.2, 0) is 0 Å². The van der Waals surface area contributed by atoms with Crippen LogP contribution in [0, 0.1) is 5.82 Å². The Morgan fingerprint density at radius 1 is 1.24 bits per heavy atom. The second-order valence-corrected chi connectivity index (χ2v) is 5.19. The number of fused-ring (bicyclic) bond motifs is 2. The fourth-order valence-corrected chi connectivity index (χ4v) is 3.28. The molecule has 2 nitrogen and oxygen atoms in total. The zero-order chi connectivity index (χ0) is 11.8. The Bertz CT molecular complexity index is 409. The minimum absolute atomic E-state index is 0.115. The van der Waals surface area contributed by atoms with E-state index in [1.165, 1.54) is 18.9 Å². The standard InChI is InChI=1S/C14H18FNO/c1-17-12-4-5-13(14(15)8-12)9-6-10-2-3-11(7-9)16-10/h4-5,8-11,16H,2-3,6-7H2,1H3/t9?,10-,11+. The van der Waals surface area contributed by atoms with Gasteiger partial charge in [0.25, 0.3) is 0 Å². The van der Waals surface area contributed by atoms with Crippen LogP contribution >= 0.6 is 0 Å². The molecule has 0 amide bonds. The third kappa shape index (κ3) is 2.04. The first-order valence-electron chi connectivity index (χ1n) is 6.35. The number of hydrogen-bond donors (Lipinski definition) is 1. The molecule has 92 valence electrons. The van der Waals surface area contributed by atoms with Crippen LogP contribution in [0.3, 0.4) is 0 Å². The van der Waals surface area contributed by atoms with E-state index in [0.29, 0.717) is 23.8 Å². The number of halogens is 1. The SMILES string of the molecule is COc1ccc(C2C[C@H]3CC[C@@H](C2)N3)c(F)c1. The van der Waals surface area contributed by atoms with Crippen molar-refractivity contribution in [2.75, 3.05) is 7.11 Å². The minimum atomic E-state index is -0.115. The monoisotopic (exact) mass is 235 g/mol. The van der Waals surface area contributed by atoms with Gasteiger partial charge >= 0.3 is 0 Å². The third-order valence-electron chi connectivity index (χ3n) is 4.12. The summed E-state index contributed by atoms with van der Waals surface area (Å²) in [6, 6.07) is 6.45. The molecular formula is C14H18FNO. The van der Waals surface area contributed by atoms with Crippen LogP contribution in [0.25, 0.3) is 0 Å². The molecule has 2 aliphatic rings. The first-order valence-corrected chi connectivity index (χ1v) is 6.35. The molecule has 1 N–H and O–H groups in total. The Kier molecular flexibility index (Phi) is 2.79. The van der Waals surface area contributed by atoms with Gasteiger partial charge in [-0.15, -0.1) is 0 Å². The normalized spacial score (nSPS) is 31.5. The van der Waals surface area contributed by atoms with Crippen molar-refractivity contribution in [1.29, 1.82) is 0 Å². The van der Waals surface area contributed by atoms with Crippen LogP contribution in [-0.4, -0.2) is 19.2 Å². The highest BCUT2D eigenvalue weighted by Crippen LogP contribution is 2.38. The Morgan fingerprint density at radius 3 is 2.53 bits per heavy atom. The molecule has 2 saturated heterocycles. The smallest absolute Gasteiger partial charge is 0.130 e. The van der Waals surface area contributed by atoms with E-state index in [0.717, 1.165) is 18.4 Å². The lowest BCUT2D eigenvalue weighted by atomic mass is 9.86. The van der Waals surface area contributed by atoms with E-state index in [1.54, 1.807) is 7.11 Å². The van der Waals surface area contributed by atoms with E-state index in [1.807, 2.05) is 12.1 Å².